The summed E-state index contributed by atoms with van der Waals surface area (Å²) in [6.45, 7) is 0. The van der Waals surface area contributed by atoms with Crippen LogP contribution in [0.1, 0.15) is 60.8 Å². The molecule has 0 saturated carbocycles. The molecule has 0 aliphatic heterocycles. The smallest absolute Gasteiger partial charge is 0.234 e. The van der Waals surface area contributed by atoms with Gasteiger partial charge in [-0.1, -0.05) is 12.8 Å². The van der Waals surface area contributed by atoms with Gasteiger partial charge in [-0.05, 0) is 73.6 Å². The molecule has 0 heterocycles. The van der Waals surface area contributed by atoms with E-state index in [4.69, 9.17) is 0 Å². The van der Waals surface area contributed by atoms with E-state index in [0.29, 0.717) is 0 Å². The van der Waals surface area contributed by atoms with Crippen LogP contribution in [-0.2, 0) is 25.7 Å². The standard InChI is InChI=1S/C18H20O2/c19-17-15-13-9-5-1-3-7-11(13)12-8-4-2-6-10-14(12)16(15)18(17)20/h1-10H2. The molecule has 0 fully saturated rings. The number of fused-ring (bicyclic) bond motifs is 6. The van der Waals surface area contributed by atoms with E-state index in [9.17, 15) is 9.59 Å². The Hall–Kier alpha value is -1.44. The molecule has 104 valence electrons. The summed E-state index contributed by atoms with van der Waals surface area (Å²) < 4.78 is 0. The quantitative estimate of drug-likeness (QED) is 0.544. The number of hydrogen-bond acceptors (Lipinski definition) is 2. The summed E-state index contributed by atoms with van der Waals surface area (Å²) >= 11 is 0. The molecule has 2 aliphatic rings. The van der Waals surface area contributed by atoms with Crippen molar-refractivity contribution in [3.8, 4) is 0 Å². The monoisotopic (exact) mass is 268 g/mol. The van der Waals surface area contributed by atoms with Crippen LogP contribution in [0.3, 0.4) is 0 Å². The van der Waals surface area contributed by atoms with Gasteiger partial charge in [-0.15, -0.1) is 0 Å². The minimum Gasteiger partial charge on any atom is -0.285 e. The second-order valence-electron chi connectivity index (χ2n) is 6.44. The van der Waals surface area contributed by atoms with E-state index in [-0.39, 0.29) is 10.9 Å². The second kappa shape index (κ2) is 4.54. The van der Waals surface area contributed by atoms with Gasteiger partial charge in [0.1, 0.15) is 0 Å². The van der Waals surface area contributed by atoms with Crippen LogP contribution in [0.5, 0.6) is 0 Å². The number of hydrogen-bond donors (Lipinski definition) is 0. The molecule has 20 heavy (non-hydrogen) atoms. The van der Waals surface area contributed by atoms with E-state index < -0.39 is 0 Å². The first-order valence-corrected chi connectivity index (χ1v) is 8.07. The first-order chi connectivity index (χ1) is 9.79. The minimum atomic E-state index is -0.204. The molecule has 2 nitrogen and oxygen atoms in total. The van der Waals surface area contributed by atoms with Crippen molar-refractivity contribution in [2.45, 2.75) is 64.2 Å². The fourth-order valence-electron chi connectivity index (χ4n) is 4.35. The second-order valence-corrected chi connectivity index (χ2v) is 6.44. The third kappa shape index (κ3) is 1.57. The zero-order valence-electron chi connectivity index (χ0n) is 11.9. The van der Waals surface area contributed by atoms with Crippen LogP contribution in [0.25, 0.3) is 10.8 Å². The van der Waals surface area contributed by atoms with Gasteiger partial charge in [0.15, 0.2) is 0 Å². The Bertz CT molecular complexity index is 695. The maximum atomic E-state index is 12.1. The van der Waals surface area contributed by atoms with Crippen LogP contribution >= 0.6 is 0 Å². The van der Waals surface area contributed by atoms with Crippen LogP contribution < -0.4 is 10.9 Å². The van der Waals surface area contributed by atoms with Gasteiger partial charge in [-0.25, -0.2) is 0 Å². The van der Waals surface area contributed by atoms with Gasteiger partial charge < -0.3 is 0 Å². The summed E-state index contributed by atoms with van der Waals surface area (Å²) in [7, 11) is 0. The van der Waals surface area contributed by atoms with Crippen molar-refractivity contribution in [1.82, 2.24) is 0 Å². The normalized spacial score (nSPS) is 19.4. The first kappa shape index (κ1) is 12.3. The Kier molecular flexibility index (Phi) is 2.80. The zero-order chi connectivity index (χ0) is 13.7. The average molecular weight is 268 g/mol. The van der Waals surface area contributed by atoms with Gasteiger partial charge in [0.05, 0.1) is 0 Å². The average Bonchev–Trinajstić information content (AvgIpc) is 2.84. The Labute approximate surface area is 118 Å². The van der Waals surface area contributed by atoms with E-state index in [1.165, 1.54) is 60.8 Å². The Morgan fingerprint density at radius 2 is 0.800 bits per heavy atom. The molecule has 0 saturated heterocycles. The molecule has 2 aromatic rings. The predicted molar refractivity (Wildman–Crippen MR) is 81.4 cm³/mol. The van der Waals surface area contributed by atoms with Gasteiger partial charge in [-0.2, -0.15) is 0 Å². The highest BCUT2D eigenvalue weighted by atomic mass is 16.2. The van der Waals surface area contributed by atoms with Crippen molar-refractivity contribution < 1.29 is 0 Å². The van der Waals surface area contributed by atoms with Crippen LogP contribution in [0.15, 0.2) is 9.59 Å². The third-order valence-corrected chi connectivity index (χ3v) is 5.31. The summed E-state index contributed by atoms with van der Waals surface area (Å²) in [4.78, 5) is 24.1. The molecule has 2 aromatic carbocycles. The van der Waals surface area contributed by atoms with Crippen molar-refractivity contribution in [2.24, 2.45) is 0 Å². The molecule has 2 aliphatic carbocycles. The van der Waals surface area contributed by atoms with Gasteiger partial charge in [0.25, 0.3) is 0 Å². The van der Waals surface area contributed by atoms with Crippen molar-refractivity contribution >= 4 is 10.8 Å². The lowest BCUT2D eigenvalue weighted by Gasteiger charge is -2.20. The predicted octanol–water partition coefficient (Wildman–Crippen LogP) is 2.97. The molecular formula is C18H20O2. The molecule has 0 atom stereocenters. The number of rotatable bonds is 0. The van der Waals surface area contributed by atoms with Gasteiger partial charge in [0.2, 0.25) is 10.9 Å². The number of aryl methyl sites for hydroxylation is 2. The van der Waals surface area contributed by atoms with Crippen LogP contribution in [0.2, 0.25) is 0 Å². The van der Waals surface area contributed by atoms with Crippen LogP contribution in [0.4, 0.5) is 0 Å². The minimum absolute atomic E-state index is 0.204. The molecule has 4 rings (SSSR count). The van der Waals surface area contributed by atoms with E-state index in [1.807, 2.05) is 0 Å². The maximum absolute atomic E-state index is 12.1. The molecule has 0 radical (unpaired) electrons. The lowest BCUT2D eigenvalue weighted by molar-refractivity contribution is 0.703. The fraction of sp³-hybridized carbons (Fsp3) is 0.556. The van der Waals surface area contributed by atoms with Crippen molar-refractivity contribution in [1.29, 1.82) is 0 Å². The van der Waals surface area contributed by atoms with Crippen LogP contribution in [-0.4, -0.2) is 0 Å². The van der Waals surface area contributed by atoms with Gasteiger partial charge in [0, 0.05) is 10.8 Å². The van der Waals surface area contributed by atoms with Crippen molar-refractivity contribution in [2.75, 3.05) is 0 Å². The summed E-state index contributed by atoms with van der Waals surface area (Å²) in [5, 5.41) is 1.65. The Balaban J connectivity index is 2.09. The Morgan fingerprint density at radius 1 is 0.450 bits per heavy atom. The summed E-state index contributed by atoms with van der Waals surface area (Å²) in [5.41, 5.74) is 5.01. The summed E-state index contributed by atoms with van der Waals surface area (Å²) in [5.74, 6) is 0. The summed E-state index contributed by atoms with van der Waals surface area (Å²) in [6.07, 6.45) is 11.5. The highest BCUT2D eigenvalue weighted by Gasteiger charge is 2.27. The largest absolute Gasteiger partial charge is 0.285 e. The Morgan fingerprint density at radius 3 is 1.20 bits per heavy atom. The number of benzene rings is 1. The lowest BCUT2D eigenvalue weighted by Crippen LogP contribution is -2.34. The third-order valence-electron chi connectivity index (χ3n) is 5.31. The first-order valence-electron chi connectivity index (χ1n) is 8.07. The maximum Gasteiger partial charge on any atom is 0.234 e. The highest BCUT2D eigenvalue weighted by molar-refractivity contribution is 5.95. The molecule has 0 bridgehead atoms. The molecule has 0 aromatic heterocycles. The zero-order valence-corrected chi connectivity index (χ0v) is 11.9. The molecule has 2 heteroatoms. The van der Waals surface area contributed by atoms with E-state index in [0.717, 1.165) is 36.5 Å². The van der Waals surface area contributed by atoms with Crippen LogP contribution in [0, 0.1) is 0 Å². The van der Waals surface area contributed by atoms with E-state index >= 15 is 0 Å². The lowest BCUT2D eigenvalue weighted by atomic mass is 9.82. The van der Waals surface area contributed by atoms with Gasteiger partial charge >= 0.3 is 0 Å². The van der Waals surface area contributed by atoms with Gasteiger partial charge in [-0.3, -0.25) is 9.59 Å². The molecule has 0 unspecified atom stereocenters. The SMILES string of the molecule is O=c1c(=O)c2c3c(c4c(c12)CCCCC4)CCCCC3. The van der Waals surface area contributed by atoms with Crippen molar-refractivity contribution in [3.63, 3.8) is 0 Å². The van der Waals surface area contributed by atoms with E-state index in [1.54, 1.807) is 0 Å². The summed E-state index contributed by atoms with van der Waals surface area (Å²) in [6, 6.07) is 0. The van der Waals surface area contributed by atoms with E-state index in [2.05, 4.69) is 0 Å². The molecular weight excluding hydrogens is 248 g/mol. The topological polar surface area (TPSA) is 34.1 Å². The van der Waals surface area contributed by atoms with Crippen molar-refractivity contribution in [3.05, 3.63) is 42.7 Å². The fourth-order valence-corrected chi connectivity index (χ4v) is 4.35. The molecule has 0 spiro atoms. The highest BCUT2D eigenvalue weighted by Crippen LogP contribution is 2.36. The molecule has 0 N–H and O–H groups in total. The molecule has 0 amide bonds.